The van der Waals surface area contributed by atoms with Crippen molar-refractivity contribution in [2.45, 2.75) is 45.6 Å². The SMILES string of the molecule is C=C/C=C(/CN1CCC(C(=O)N2CCC(Oc3c(F)cc(F)cc3F)CC2)CC1)SC.CC. The third-order valence-electron chi connectivity index (χ3n) is 5.88. The van der Waals surface area contributed by atoms with Gasteiger partial charge in [0.15, 0.2) is 17.4 Å². The van der Waals surface area contributed by atoms with Crippen LogP contribution in [-0.2, 0) is 4.79 Å². The Bertz CT molecular complexity index is 795. The van der Waals surface area contributed by atoms with Crippen LogP contribution in [0.5, 0.6) is 5.75 Å². The Balaban J connectivity index is 0.00000187. The fourth-order valence-electron chi connectivity index (χ4n) is 4.14. The normalized spacial score (nSPS) is 18.5. The molecule has 4 nitrogen and oxygen atoms in total. The standard InChI is InChI=1S/C23H29F3N2O2S.C2H6/c1-3-4-19(31-2)15-27-9-5-16(6-10-27)23(29)28-11-7-18(8-12-28)30-22-20(25)13-17(24)14-21(22)26;1-2/h3-4,13-14,16,18H,1,5-12,15H2,2H3;1-2H3/b19-4-;. The third-order valence-corrected chi connectivity index (χ3v) is 6.67. The van der Waals surface area contributed by atoms with E-state index in [1.54, 1.807) is 17.8 Å². The molecule has 3 rings (SSSR count). The molecule has 0 bridgehead atoms. The summed E-state index contributed by atoms with van der Waals surface area (Å²) in [5, 5.41) is 0. The van der Waals surface area contributed by atoms with Crippen LogP contribution in [-0.4, -0.2) is 60.8 Å². The second kappa shape index (κ2) is 13.7. The van der Waals surface area contributed by atoms with Crippen LogP contribution in [0, 0.1) is 23.4 Å². The summed E-state index contributed by atoms with van der Waals surface area (Å²) in [7, 11) is 0. The van der Waals surface area contributed by atoms with E-state index in [0.717, 1.165) is 32.5 Å². The van der Waals surface area contributed by atoms with Gasteiger partial charge in [-0.3, -0.25) is 9.69 Å². The van der Waals surface area contributed by atoms with Crippen molar-refractivity contribution in [3.8, 4) is 5.75 Å². The maximum absolute atomic E-state index is 13.8. The lowest BCUT2D eigenvalue weighted by atomic mass is 9.94. The topological polar surface area (TPSA) is 32.8 Å². The lowest BCUT2D eigenvalue weighted by Crippen LogP contribution is -2.47. The molecular weight excluding hydrogens is 449 g/mol. The first-order valence-corrected chi connectivity index (χ1v) is 12.8. The molecule has 184 valence electrons. The Kier molecular flexibility index (Phi) is 11.3. The molecule has 1 amide bonds. The van der Waals surface area contributed by atoms with Crippen molar-refractivity contribution in [3.63, 3.8) is 0 Å². The Hall–Kier alpha value is -1.93. The highest BCUT2D eigenvalue weighted by atomic mass is 32.2. The Morgan fingerprint density at radius 1 is 1.09 bits per heavy atom. The van der Waals surface area contributed by atoms with Crippen molar-refractivity contribution in [1.82, 2.24) is 9.80 Å². The predicted octanol–water partition coefficient (Wildman–Crippen LogP) is 5.64. The van der Waals surface area contributed by atoms with Crippen LogP contribution in [0.25, 0.3) is 0 Å². The number of carbonyl (C=O) groups is 1. The van der Waals surface area contributed by atoms with Gasteiger partial charge in [0, 0.05) is 50.5 Å². The number of thioether (sulfide) groups is 1. The van der Waals surface area contributed by atoms with Crippen LogP contribution in [0.2, 0.25) is 0 Å². The van der Waals surface area contributed by atoms with E-state index in [0.29, 0.717) is 38.1 Å². The molecule has 0 unspecified atom stereocenters. The molecule has 2 aliphatic rings. The molecule has 0 aliphatic carbocycles. The minimum atomic E-state index is -1.05. The zero-order valence-electron chi connectivity index (χ0n) is 19.8. The zero-order chi connectivity index (χ0) is 24.4. The first-order valence-electron chi connectivity index (χ1n) is 11.6. The molecule has 2 saturated heterocycles. The highest BCUT2D eigenvalue weighted by Crippen LogP contribution is 2.28. The minimum absolute atomic E-state index is 0.0156. The van der Waals surface area contributed by atoms with Crippen LogP contribution in [0.3, 0.4) is 0 Å². The number of amides is 1. The number of carbonyl (C=O) groups excluding carboxylic acids is 1. The second-order valence-electron chi connectivity index (χ2n) is 7.96. The number of likely N-dealkylation sites (tertiary alicyclic amines) is 2. The van der Waals surface area contributed by atoms with E-state index in [2.05, 4.69) is 17.7 Å². The van der Waals surface area contributed by atoms with Gasteiger partial charge in [0.05, 0.1) is 0 Å². The van der Waals surface area contributed by atoms with Crippen LogP contribution >= 0.6 is 11.8 Å². The molecule has 2 heterocycles. The van der Waals surface area contributed by atoms with Gasteiger partial charge in [-0.1, -0.05) is 32.6 Å². The summed E-state index contributed by atoms with van der Waals surface area (Å²) in [5.41, 5.74) is 0. The van der Waals surface area contributed by atoms with E-state index < -0.39 is 29.3 Å². The highest BCUT2D eigenvalue weighted by Gasteiger charge is 2.32. The average Bonchev–Trinajstić information content (AvgIpc) is 2.83. The third kappa shape index (κ3) is 7.81. The maximum atomic E-state index is 13.8. The number of hydrogen-bond donors (Lipinski definition) is 0. The van der Waals surface area contributed by atoms with Crippen molar-refractivity contribution in [3.05, 3.63) is 53.2 Å². The number of ether oxygens (including phenoxy) is 1. The van der Waals surface area contributed by atoms with Crippen LogP contribution < -0.4 is 4.74 Å². The van der Waals surface area contributed by atoms with E-state index in [1.165, 1.54) is 4.91 Å². The maximum Gasteiger partial charge on any atom is 0.225 e. The van der Waals surface area contributed by atoms with E-state index in [9.17, 15) is 18.0 Å². The second-order valence-corrected chi connectivity index (χ2v) is 8.90. The van der Waals surface area contributed by atoms with Gasteiger partial charge in [0.1, 0.15) is 11.9 Å². The molecule has 2 aliphatic heterocycles. The zero-order valence-corrected chi connectivity index (χ0v) is 20.6. The summed E-state index contributed by atoms with van der Waals surface area (Å²) in [6, 6.07) is 1.22. The summed E-state index contributed by atoms with van der Waals surface area (Å²) in [6.45, 7) is 11.4. The van der Waals surface area contributed by atoms with Crippen molar-refractivity contribution < 1.29 is 22.7 Å². The number of piperidine rings is 2. The predicted molar refractivity (Wildman–Crippen MR) is 129 cm³/mol. The summed E-state index contributed by atoms with van der Waals surface area (Å²) >= 11 is 1.72. The Morgan fingerprint density at radius 2 is 1.67 bits per heavy atom. The lowest BCUT2D eigenvalue weighted by molar-refractivity contribution is -0.138. The number of allylic oxidation sites excluding steroid dienone is 2. The lowest BCUT2D eigenvalue weighted by Gasteiger charge is -2.37. The van der Waals surface area contributed by atoms with Crippen molar-refractivity contribution in [2.75, 3.05) is 39.0 Å². The molecule has 8 heteroatoms. The summed E-state index contributed by atoms with van der Waals surface area (Å²) in [4.78, 5) is 18.4. The Labute approximate surface area is 199 Å². The molecular formula is C25H35F3N2O2S. The molecule has 33 heavy (non-hydrogen) atoms. The quantitative estimate of drug-likeness (QED) is 0.469. The van der Waals surface area contributed by atoms with Gasteiger partial charge in [-0.2, -0.15) is 0 Å². The first-order chi connectivity index (χ1) is 15.9. The Morgan fingerprint density at radius 3 is 2.18 bits per heavy atom. The first kappa shape index (κ1) is 27.3. The van der Waals surface area contributed by atoms with E-state index in [1.807, 2.05) is 24.8 Å². The summed E-state index contributed by atoms with van der Waals surface area (Å²) in [6.07, 6.45) is 8.12. The van der Waals surface area contributed by atoms with Crippen molar-refractivity contribution in [2.24, 2.45) is 5.92 Å². The van der Waals surface area contributed by atoms with Gasteiger partial charge in [0.25, 0.3) is 0 Å². The minimum Gasteiger partial charge on any atom is -0.484 e. The van der Waals surface area contributed by atoms with E-state index in [-0.39, 0.29) is 11.8 Å². The van der Waals surface area contributed by atoms with Gasteiger partial charge in [-0.25, -0.2) is 13.2 Å². The van der Waals surface area contributed by atoms with Crippen LogP contribution in [0.1, 0.15) is 39.5 Å². The van der Waals surface area contributed by atoms with Crippen LogP contribution in [0.15, 0.2) is 35.8 Å². The smallest absolute Gasteiger partial charge is 0.225 e. The molecule has 2 fully saturated rings. The molecule has 0 saturated carbocycles. The molecule has 0 radical (unpaired) electrons. The fraction of sp³-hybridized carbons (Fsp3) is 0.560. The summed E-state index contributed by atoms with van der Waals surface area (Å²) in [5.74, 6) is -3.44. The number of halogens is 3. The highest BCUT2D eigenvalue weighted by molar-refractivity contribution is 8.02. The fourth-order valence-corrected chi connectivity index (χ4v) is 4.68. The van der Waals surface area contributed by atoms with Gasteiger partial charge in [-0.15, -0.1) is 11.8 Å². The van der Waals surface area contributed by atoms with Crippen molar-refractivity contribution in [1.29, 1.82) is 0 Å². The van der Waals surface area contributed by atoms with E-state index >= 15 is 0 Å². The monoisotopic (exact) mass is 484 g/mol. The largest absolute Gasteiger partial charge is 0.484 e. The molecule has 0 spiro atoms. The number of hydrogen-bond acceptors (Lipinski definition) is 4. The molecule has 1 aromatic rings. The van der Waals surface area contributed by atoms with Gasteiger partial charge >= 0.3 is 0 Å². The molecule has 0 N–H and O–H groups in total. The molecule has 1 aromatic carbocycles. The van der Waals surface area contributed by atoms with Crippen molar-refractivity contribution >= 4 is 17.7 Å². The van der Waals surface area contributed by atoms with E-state index in [4.69, 9.17) is 4.74 Å². The average molecular weight is 485 g/mol. The molecule has 0 atom stereocenters. The molecule has 0 aromatic heterocycles. The number of rotatable bonds is 7. The number of benzene rings is 1. The van der Waals surface area contributed by atoms with Gasteiger partial charge < -0.3 is 9.64 Å². The number of nitrogens with zero attached hydrogens (tertiary/aromatic N) is 2. The van der Waals surface area contributed by atoms with Gasteiger partial charge in [0.2, 0.25) is 5.91 Å². The van der Waals surface area contributed by atoms with Crippen LogP contribution in [0.4, 0.5) is 13.2 Å². The van der Waals surface area contributed by atoms with Gasteiger partial charge in [-0.05, 0) is 37.1 Å². The summed E-state index contributed by atoms with van der Waals surface area (Å²) < 4.78 is 46.1.